The van der Waals surface area contributed by atoms with Crippen LogP contribution in [0.15, 0.2) is 69.4 Å². The molecule has 10 nitrogen and oxygen atoms in total. The number of amides is 1. The highest BCUT2D eigenvalue weighted by Gasteiger charge is 2.16. The number of aryl methyl sites for hydroxylation is 1. The van der Waals surface area contributed by atoms with E-state index >= 15 is 0 Å². The predicted octanol–water partition coefficient (Wildman–Crippen LogP) is 2.21. The maximum absolute atomic E-state index is 12.5. The molecule has 0 radical (unpaired) electrons. The molecule has 0 saturated heterocycles. The van der Waals surface area contributed by atoms with Crippen LogP contribution < -0.4 is 5.32 Å². The van der Waals surface area contributed by atoms with Crippen molar-refractivity contribution in [2.45, 2.75) is 26.5 Å². The zero-order valence-electron chi connectivity index (χ0n) is 15.2. The third kappa shape index (κ3) is 5.18. The smallest absolute Gasteiger partial charge is 0.231 e. The highest BCUT2D eigenvalue weighted by atomic mass is 32.2. The minimum absolute atomic E-state index is 0.0573. The fraction of sp³-hybridized carbons (Fsp3) is 0.118. The van der Waals surface area contributed by atoms with Gasteiger partial charge < -0.3 is 5.32 Å². The second kappa shape index (κ2) is 8.84. The number of nitrogens with one attached hydrogen (secondary N) is 2. The van der Waals surface area contributed by atoms with E-state index in [1.165, 1.54) is 29.9 Å². The third-order valence-corrected chi connectivity index (χ3v) is 5.39. The van der Waals surface area contributed by atoms with Gasteiger partial charge in [-0.25, -0.2) is 15.0 Å². The third-order valence-electron chi connectivity index (χ3n) is 3.55. The number of nitrogens with zero attached hydrogens (tertiary/aromatic N) is 7. The van der Waals surface area contributed by atoms with Crippen LogP contribution in [0.25, 0.3) is 0 Å². The first-order chi connectivity index (χ1) is 14.2. The molecule has 0 aliphatic carbocycles. The van der Waals surface area contributed by atoms with E-state index in [2.05, 4.69) is 40.5 Å². The number of carbonyl (C=O) groups is 1. The minimum Gasteiger partial charge on any atom is -0.309 e. The number of rotatable bonds is 7. The van der Waals surface area contributed by atoms with E-state index in [9.17, 15) is 4.79 Å². The van der Waals surface area contributed by atoms with Crippen molar-refractivity contribution in [1.29, 1.82) is 0 Å². The molecular formula is C17H15N9OS2. The van der Waals surface area contributed by atoms with Gasteiger partial charge in [0.1, 0.15) is 16.4 Å². The lowest BCUT2D eigenvalue weighted by atomic mass is 10.3. The average molecular weight is 426 g/mol. The fourth-order valence-corrected chi connectivity index (χ4v) is 3.81. The Morgan fingerprint density at radius 3 is 2.79 bits per heavy atom. The van der Waals surface area contributed by atoms with E-state index in [0.29, 0.717) is 26.7 Å². The lowest BCUT2D eigenvalue weighted by molar-refractivity contribution is -0.115. The van der Waals surface area contributed by atoms with Gasteiger partial charge in [0.25, 0.3) is 0 Å². The van der Waals surface area contributed by atoms with Gasteiger partial charge in [-0.3, -0.25) is 19.6 Å². The van der Waals surface area contributed by atoms with E-state index in [0.717, 1.165) is 4.90 Å². The summed E-state index contributed by atoms with van der Waals surface area (Å²) < 4.78 is 1.62. The van der Waals surface area contributed by atoms with Gasteiger partial charge in [-0.15, -0.1) is 0 Å². The number of pyridine rings is 1. The van der Waals surface area contributed by atoms with Crippen LogP contribution in [0.5, 0.6) is 0 Å². The van der Waals surface area contributed by atoms with E-state index < -0.39 is 0 Å². The molecule has 29 heavy (non-hydrogen) atoms. The first-order valence-corrected chi connectivity index (χ1v) is 10.1. The Bertz CT molecular complexity index is 1100. The van der Waals surface area contributed by atoms with Gasteiger partial charge in [-0.2, -0.15) is 10.2 Å². The standard InChI is InChI=1S/C17H15N9OS2/c1-26-7-4-13(25-26)23-14(27)8-12-16(28-11-2-5-18-6-3-11)19-9-15(22-12)29-17-20-10-21-24-17/h2-7,9-10H,8H2,1H3,(H,20,21,24)(H,23,25,27). The Morgan fingerprint density at radius 1 is 1.21 bits per heavy atom. The molecule has 4 aromatic heterocycles. The van der Waals surface area contributed by atoms with Crippen LogP contribution in [-0.4, -0.2) is 45.8 Å². The summed E-state index contributed by atoms with van der Waals surface area (Å²) in [5.41, 5.74) is 0.560. The van der Waals surface area contributed by atoms with Crippen LogP contribution in [0.3, 0.4) is 0 Å². The Hall–Kier alpha value is -3.25. The molecule has 4 heterocycles. The quantitative estimate of drug-likeness (QED) is 0.458. The van der Waals surface area contributed by atoms with Gasteiger partial charge in [0.15, 0.2) is 11.0 Å². The summed E-state index contributed by atoms with van der Waals surface area (Å²) in [5, 5.41) is 15.4. The summed E-state index contributed by atoms with van der Waals surface area (Å²) in [6.07, 6.45) is 8.30. The van der Waals surface area contributed by atoms with Gasteiger partial charge in [0, 0.05) is 36.6 Å². The molecule has 0 spiro atoms. The number of carbonyl (C=O) groups excluding carboxylic acids is 1. The van der Waals surface area contributed by atoms with Gasteiger partial charge in [-0.1, -0.05) is 11.8 Å². The maximum Gasteiger partial charge on any atom is 0.231 e. The number of H-pyrrole nitrogens is 1. The van der Waals surface area contributed by atoms with Gasteiger partial charge in [0.05, 0.1) is 18.3 Å². The molecule has 1 amide bonds. The molecule has 0 aliphatic heterocycles. The van der Waals surface area contributed by atoms with Crippen LogP contribution in [0.2, 0.25) is 0 Å². The predicted molar refractivity (Wildman–Crippen MR) is 106 cm³/mol. The Labute approximate surface area is 174 Å². The van der Waals surface area contributed by atoms with E-state index in [4.69, 9.17) is 0 Å². The van der Waals surface area contributed by atoms with E-state index in [1.807, 2.05) is 12.1 Å². The summed E-state index contributed by atoms with van der Waals surface area (Å²) in [4.78, 5) is 30.7. The summed E-state index contributed by atoms with van der Waals surface area (Å²) in [6, 6.07) is 5.48. The highest BCUT2D eigenvalue weighted by Crippen LogP contribution is 2.30. The Kier molecular flexibility index (Phi) is 5.81. The summed E-state index contributed by atoms with van der Waals surface area (Å²) in [5.74, 6) is 0.261. The van der Waals surface area contributed by atoms with Gasteiger partial charge in [0.2, 0.25) is 5.91 Å². The summed E-state index contributed by atoms with van der Waals surface area (Å²) in [7, 11) is 1.79. The zero-order chi connectivity index (χ0) is 20.1. The van der Waals surface area contributed by atoms with Gasteiger partial charge >= 0.3 is 0 Å². The largest absolute Gasteiger partial charge is 0.309 e. The molecule has 4 rings (SSSR count). The van der Waals surface area contributed by atoms with E-state index in [1.54, 1.807) is 42.6 Å². The monoisotopic (exact) mass is 425 g/mol. The Morgan fingerprint density at radius 2 is 2.07 bits per heavy atom. The zero-order valence-corrected chi connectivity index (χ0v) is 16.8. The molecule has 0 aromatic carbocycles. The van der Waals surface area contributed by atoms with Crippen molar-refractivity contribution in [2.75, 3.05) is 5.32 Å². The van der Waals surface area contributed by atoms with Crippen molar-refractivity contribution >= 4 is 35.2 Å². The molecule has 0 saturated carbocycles. The van der Waals surface area contributed by atoms with Crippen molar-refractivity contribution in [3.05, 3.63) is 55.0 Å². The lowest BCUT2D eigenvalue weighted by Crippen LogP contribution is -2.17. The summed E-state index contributed by atoms with van der Waals surface area (Å²) in [6.45, 7) is 0. The molecule has 0 fully saturated rings. The number of aromatic nitrogens is 8. The van der Waals surface area contributed by atoms with Crippen LogP contribution in [0.1, 0.15) is 5.69 Å². The number of anilines is 1. The molecule has 4 aromatic rings. The molecule has 0 unspecified atom stereocenters. The van der Waals surface area contributed by atoms with Crippen LogP contribution in [-0.2, 0) is 18.3 Å². The maximum atomic E-state index is 12.5. The molecular weight excluding hydrogens is 410 g/mol. The van der Waals surface area contributed by atoms with Crippen LogP contribution in [0, 0.1) is 0 Å². The lowest BCUT2D eigenvalue weighted by Gasteiger charge is -2.09. The van der Waals surface area contributed by atoms with Crippen molar-refractivity contribution in [3.63, 3.8) is 0 Å². The minimum atomic E-state index is -0.226. The van der Waals surface area contributed by atoms with Crippen molar-refractivity contribution in [1.82, 2.24) is 39.9 Å². The van der Waals surface area contributed by atoms with Crippen molar-refractivity contribution < 1.29 is 4.79 Å². The van der Waals surface area contributed by atoms with Crippen molar-refractivity contribution in [3.8, 4) is 0 Å². The topological polar surface area (TPSA) is 127 Å². The number of aromatic amines is 1. The molecule has 0 atom stereocenters. The first-order valence-electron chi connectivity index (χ1n) is 8.42. The van der Waals surface area contributed by atoms with Crippen molar-refractivity contribution in [2.24, 2.45) is 7.05 Å². The molecule has 12 heteroatoms. The van der Waals surface area contributed by atoms with Gasteiger partial charge in [-0.05, 0) is 23.9 Å². The van der Waals surface area contributed by atoms with E-state index in [-0.39, 0.29) is 12.3 Å². The SMILES string of the molecule is Cn1ccc(NC(=O)Cc2nc(Sc3ncn[nH]3)cnc2Sc2ccncc2)n1. The fourth-order valence-electron chi connectivity index (χ4n) is 2.33. The first kappa shape index (κ1) is 19.1. The highest BCUT2D eigenvalue weighted by molar-refractivity contribution is 7.99. The Balaban J connectivity index is 1.57. The second-order valence-corrected chi connectivity index (χ2v) is 7.81. The summed E-state index contributed by atoms with van der Waals surface area (Å²) >= 11 is 2.71. The molecule has 2 N–H and O–H groups in total. The normalized spacial score (nSPS) is 10.8. The van der Waals surface area contributed by atoms with Crippen LogP contribution in [0.4, 0.5) is 5.82 Å². The molecule has 0 bridgehead atoms. The number of hydrogen-bond acceptors (Lipinski definition) is 9. The van der Waals surface area contributed by atoms with Crippen LogP contribution >= 0.6 is 23.5 Å². The second-order valence-electron chi connectivity index (χ2n) is 5.74. The molecule has 0 aliphatic rings. The average Bonchev–Trinajstić information content (AvgIpc) is 3.36. The number of hydrogen-bond donors (Lipinski definition) is 2. The molecule has 146 valence electrons.